The Morgan fingerprint density at radius 1 is 0.952 bits per heavy atom. The normalized spacial score (nSPS) is 15.3. The Morgan fingerprint density at radius 3 is 2.52 bits per heavy atom. The summed E-state index contributed by atoms with van der Waals surface area (Å²) in [5.41, 5.74) is 3.39. The highest BCUT2D eigenvalue weighted by molar-refractivity contribution is 5.46. The zero-order valence-corrected chi connectivity index (χ0v) is 12.2. The summed E-state index contributed by atoms with van der Waals surface area (Å²) in [4.78, 5) is 2.49. The minimum Gasteiger partial charge on any atom is -0.381 e. The second kappa shape index (κ2) is 6.72. The Balaban J connectivity index is 1.60. The van der Waals surface area contributed by atoms with Crippen molar-refractivity contribution in [3.63, 3.8) is 0 Å². The molecule has 1 aliphatic heterocycles. The predicted molar refractivity (Wildman–Crippen MR) is 84.7 cm³/mol. The van der Waals surface area contributed by atoms with Gasteiger partial charge in [0.15, 0.2) is 0 Å². The summed E-state index contributed by atoms with van der Waals surface area (Å²) in [5.74, 6) is -0.183. The van der Waals surface area contributed by atoms with Gasteiger partial charge in [0, 0.05) is 18.8 Å². The molecular weight excluding hydrogens is 263 g/mol. The minimum atomic E-state index is -0.183. The van der Waals surface area contributed by atoms with Crippen molar-refractivity contribution in [2.75, 3.05) is 18.4 Å². The molecule has 1 aliphatic rings. The second-order valence-corrected chi connectivity index (χ2v) is 5.67. The van der Waals surface area contributed by atoms with Crippen LogP contribution in [0.1, 0.15) is 24.0 Å². The van der Waals surface area contributed by atoms with Crippen LogP contribution in [0.4, 0.5) is 10.1 Å². The molecule has 2 aromatic carbocycles. The molecule has 0 unspecified atom stereocenters. The molecule has 0 bridgehead atoms. The van der Waals surface area contributed by atoms with Crippen LogP contribution in [0.5, 0.6) is 0 Å². The number of benzene rings is 2. The summed E-state index contributed by atoms with van der Waals surface area (Å²) >= 11 is 0. The van der Waals surface area contributed by atoms with Gasteiger partial charge in [0.1, 0.15) is 5.82 Å². The quantitative estimate of drug-likeness (QED) is 0.891. The maximum atomic E-state index is 13.2. The van der Waals surface area contributed by atoms with Crippen LogP contribution in [-0.4, -0.2) is 18.0 Å². The van der Waals surface area contributed by atoms with Gasteiger partial charge in [-0.1, -0.05) is 24.3 Å². The molecule has 21 heavy (non-hydrogen) atoms. The molecule has 1 fully saturated rings. The van der Waals surface area contributed by atoms with Crippen molar-refractivity contribution in [1.29, 1.82) is 0 Å². The Morgan fingerprint density at radius 2 is 1.71 bits per heavy atom. The molecule has 0 aliphatic carbocycles. The lowest BCUT2D eigenvalue weighted by molar-refractivity contribution is 0.331. The fourth-order valence-corrected chi connectivity index (χ4v) is 2.83. The fraction of sp³-hybridized carbons (Fsp3) is 0.333. The van der Waals surface area contributed by atoms with Gasteiger partial charge in [-0.05, 0) is 61.3 Å². The molecule has 3 heteroatoms. The van der Waals surface area contributed by atoms with E-state index in [1.54, 1.807) is 12.1 Å². The van der Waals surface area contributed by atoms with E-state index in [0.29, 0.717) is 6.54 Å². The van der Waals surface area contributed by atoms with Crippen LogP contribution in [0.15, 0.2) is 48.5 Å². The van der Waals surface area contributed by atoms with Gasteiger partial charge in [-0.15, -0.1) is 0 Å². The van der Waals surface area contributed by atoms with E-state index in [1.165, 1.54) is 37.6 Å². The monoisotopic (exact) mass is 284 g/mol. The van der Waals surface area contributed by atoms with Crippen molar-refractivity contribution in [2.24, 2.45) is 0 Å². The van der Waals surface area contributed by atoms with Crippen LogP contribution < -0.4 is 5.32 Å². The summed E-state index contributed by atoms with van der Waals surface area (Å²) in [7, 11) is 0. The number of hydrogen-bond donors (Lipinski definition) is 1. The van der Waals surface area contributed by atoms with Gasteiger partial charge in [-0.25, -0.2) is 4.39 Å². The van der Waals surface area contributed by atoms with E-state index in [4.69, 9.17) is 0 Å². The zero-order chi connectivity index (χ0) is 14.5. The third-order valence-corrected chi connectivity index (χ3v) is 3.92. The van der Waals surface area contributed by atoms with E-state index in [1.807, 2.05) is 6.07 Å². The number of rotatable bonds is 5. The molecule has 1 saturated heterocycles. The number of hydrogen-bond acceptors (Lipinski definition) is 2. The highest BCUT2D eigenvalue weighted by atomic mass is 19.1. The minimum absolute atomic E-state index is 0.183. The standard InChI is InChI=1S/C18H21FN2/c19-17-7-3-5-15(11-17)13-20-18-8-4-6-16(12-18)14-21-9-1-2-10-21/h3-8,11-12,20H,1-2,9-10,13-14H2. The zero-order valence-electron chi connectivity index (χ0n) is 12.2. The molecule has 0 atom stereocenters. The molecule has 1 N–H and O–H groups in total. The first-order chi connectivity index (χ1) is 10.3. The lowest BCUT2D eigenvalue weighted by Crippen LogP contribution is -2.18. The van der Waals surface area contributed by atoms with Crippen molar-refractivity contribution in [3.8, 4) is 0 Å². The van der Waals surface area contributed by atoms with Gasteiger partial charge in [0.25, 0.3) is 0 Å². The maximum Gasteiger partial charge on any atom is 0.123 e. The van der Waals surface area contributed by atoms with Crippen LogP contribution in [-0.2, 0) is 13.1 Å². The third kappa shape index (κ3) is 4.05. The molecule has 0 saturated carbocycles. The van der Waals surface area contributed by atoms with Crippen LogP contribution in [0.2, 0.25) is 0 Å². The van der Waals surface area contributed by atoms with Crippen molar-refractivity contribution in [1.82, 2.24) is 4.90 Å². The Labute approximate surface area is 125 Å². The molecule has 0 aromatic heterocycles. The molecule has 0 radical (unpaired) electrons. The van der Waals surface area contributed by atoms with Crippen LogP contribution in [0, 0.1) is 5.82 Å². The third-order valence-electron chi connectivity index (χ3n) is 3.92. The van der Waals surface area contributed by atoms with Gasteiger partial charge >= 0.3 is 0 Å². The second-order valence-electron chi connectivity index (χ2n) is 5.67. The summed E-state index contributed by atoms with van der Waals surface area (Å²) < 4.78 is 13.2. The van der Waals surface area contributed by atoms with E-state index in [9.17, 15) is 4.39 Å². The van der Waals surface area contributed by atoms with Gasteiger partial charge in [0.05, 0.1) is 0 Å². The maximum absolute atomic E-state index is 13.2. The van der Waals surface area contributed by atoms with Crippen molar-refractivity contribution in [3.05, 3.63) is 65.5 Å². The molecule has 3 rings (SSSR count). The van der Waals surface area contributed by atoms with Crippen LogP contribution in [0.25, 0.3) is 0 Å². The molecule has 2 aromatic rings. The van der Waals surface area contributed by atoms with Crippen LogP contribution in [0.3, 0.4) is 0 Å². The van der Waals surface area contributed by atoms with E-state index >= 15 is 0 Å². The van der Waals surface area contributed by atoms with Crippen molar-refractivity contribution < 1.29 is 4.39 Å². The first-order valence-electron chi connectivity index (χ1n) is 7.59. The largest absolute Gasteiger partial charge is 0.381 e. The predicted octanol–water partition coefficient (Wildman–Crippen LogP) is 4.03. The Bertz CT molecular complexity index is 591. The van der Waals surface area contributed by atoms with Gasteiger partial charge < -0.3 is 5.32 Å². The lowest BCUT2D eigenvalue weighted by Gasteiger charge is -2.15. The number of anilines is 1. The van der Waals surface area contributed by atoms with Crippen molar-refractivity contribution >= 4 is 5.69 Å². The van der Waals surface area contributed by atoms with Gasteiger partial charge in [0.2, 0.25) is 0 Å². The highest BCUT2D eigenvalue weighted by Gasteiger charge is 2.11. The molecule has 1 heterocycles. The lowest BCUT2D eigenvalue weighted by atomic mass is 10.1. The van der Waals surface area contributed by atoms with Gasteiger partial charge in [-0.3, -0.25) is 4.90 Å². The highest BCUT2D eigenvalue weighted by Crippen LogP contribution is 2.17. The van der Waals surface area contributed by atoms with E-state index in [2.05, 4.69) is 34.5 Å². The van der Waals surface area contributed by atoms with Crippen LogP contribution >= 0.6 is 0 Å². The van der Waals surface area contributed by atoms with Crippen molar-refractivity contribution in [2.45, 2.75) is 25.9 Å². The van der Waals surface area contributed by atoms with E-state index in [0.717, 1.165) is 17.8 Å². The fourth-order valence-electron chi connectivity index (χ4n) is 2.83. The molecule has 110 valence electrons. The number of halogens is 1. The topological polar surface area (TPSA) is 15.3 Å². The SMILES string of the molecule is Fc1cccc(CNc2cccc(CN3CCCC3)c2)c1. The Kier molecular flexibility index (Phi) is 4.51. The summed E-state index contributed by atoms with van der Waals surface area (Å²) in [6.45, 7) is 4.09. The molecule has 0 spiro atoms. The summed E-state index contributed by atoms with van der Waals surface area (Å²) in [6, 6.07) is 15.2. The van der Waals surface area contributed by atoms with E-state index in [-0.39, 0.29) is 5.82 Å². The first-order valence-corrected chi connectivity index (χ1v) is 7.59. The smallest absolute Gasteiger partial charge is 0.123 e. The summed E-state index contributed by atoms with van der Waals surface area (Å²) in [6.07, 6.45) is 2.63. The number of nitrogens with one attached hydrogen (secondary N) is 1. The van der Waals surface area contributed by atoms with E-state index < -0.39 is 0 Å². The molecule has 0 amide bonds. The number of nitrogens with zero attached hydrogens (tertiary/aromatic N) is 1. The summed E-state index contributed by atoms with van der Waals surface area (Å²) in [5, 5.41) is 3.37. The van der Waals surface area contributed by atoms with Gasteiger partial charge in [-0.2, -0.15) is 0 Å². The first kappa shape index (κ1) is 14.1. The molecular formula is C18H21FN2. The number of likely N-dealkylation sites (tertiary alicyclic amines) is 1. The average Bonchev–Trinajstić information content (AvgIpc) is 2.99. The molecule has 2 nitrogen and oxygen atoms in total. The average molecular weight is 284 g/mol. The Hall–Kier alpha value is -1.87.